The van der Waals surface area contributed by atoms with Gasteiger partial charge in [0, 0.05) is 38.8 Å². The normalized spacial score (nSPS) is 11.7. The summed E-state index contributed by atoms with van der Waals surface area (Å²) in [7, 11) is 0. The first kappa shape index (κ1) is 33.0. The molecule has 12 rings (SSSR count). The molecule has 0 fully saturated rings. The SMILES string of the molecule is c1ccc(-c2nc(-c3ccccc3)nc(-c3cccc(-n4c5ccccc5c5cc(-c6ccc7c(c6)nc6n(-c8ccccc8)c8ccccc8n76)ccc54)c3)n2)cc1. The Hall–Kier alpha value is -8.16. The quantitative estimate of drug-likeness (QED) is 0.169. The second-order valence-electron chi connectivity index (χ2n) is 14.8. The summed E-state index contributed by atoms with van der Waals surface area (Å²) in [4.78, 5) is 20.2. The van der Waals surface area contributed by atoms with E-state index in [4.69, 9.17) is 19.9 Å². The standard InChI is InChI=1S/C52H33N7/c1-4-15-34(16-5-1)49-54-50(35-17-6-2-7-18-35)56-51(55-49)38-19-14-22-40(31-38)57-44-24-11-10-23-41(44)42-32-36(27-29-45(42)57)37-28-30-46-43(33-37)53-52-58(39-20-8-3-9-21-39)47-25-12-13-26-48(47)59(46)52/h1-33H. The Bertz CT molecular complexity index is 3490. The van der Waals surface area contributed by atoms with Crippen LogP contribution in [0.3, 0.4) is 0 Å². The van der Waals surface area contributed by atoms with E-state index in [-0.39, 0.29) is 0 Å². The molecule has 4 heterocycles. The van der Waals surface area contributed by atoms with Gasteiger partial charge < -0.3 is 4.57 Å². The summed E-state index contributed by atoms with van der Waals surface area (Å²) < 4.78 is 6.86. The number of fused-ring (bicyclic) bond motifs is 8. The third kappa shape index (κ3) is 5.36. The summed E-state index contributed by atoms with van der Waals surface area (Å²) in [6, 6.07) is 69.7. The smallest absolute Gasteiger partial charge is 0.220 e. The third-order valence-electron chi connectivity index (χ3n) is 11.3. The Morgan fingerprint density at radius 1 is 0.288 bits per heavy atom. The van der Waals surface area contributed by atoms with Crippen molar-refractivity contribution in [3.8, 4) is 56.7 Å². The van der Waals surface area contributed by atoms with Gasteiger partial charge in [-0.15, -0.1) is 0 Å². The number of hydrogen-bond acceptors (Lipinski definition) is 4. The van der Waals surface area contributed by atoms with Gasteiger partial charge in [0.2, 0.25) is 5.78 Å². The highest BCUT2D eigenvalue weighted by Gasteiger charge is 2.19. The van der Waals surface area contributed by atoms with Crippen molar-refractivity contribution in [3.05, 3.63) is 200 Å². The van der Waals surface area contributed by atoms with E-state index in [2.05, 4.69) is 147 Å². The minimum absolute atomic E-state index is 0.624. The number of aromatic nitrogens is 7. The first-order valence-electron chi connectivity index (χ1n) is 19.7. The summed E-state index contributed by atoms with van der Waals surface area (Å²) >= 11 is 0. The van der Waals surface area contributed by atoms with E-state index in [1.807, 2.05) is 66.7 Å². The highest BCUT2D eigenvalue weighted by molar-refractivity contribution is 6.10. The second-order valence-corrected chi connectivity index (χ2v) is 14.8. The summed E-state index contributed by atoms with van der Waals surface area (Å²) in [5, 5.41) is 2.36. The minimum atomic E-state index is 0.624. The lowest BCUT2D eigenvalue weighted by Crippen LogP contribution is -2.01. The van der Waals surface area contributed by atoms with Gasteiger partial charge in [0.25, 0.3) is 0 Å². The van der Waals surface area contributed by atoms with E-state index in [0.29, 0.717) is 17.5 Å². The van der Waals surface area contributed by atoms with Gasteiger partial charge in [-0.05, 0) is 77.9 Å². The van der Waals surface area contributed by atoms with Gasteiger partial charge in [-0.2, -0.15) is 0 Å². The molecule has 0 spiro atoms. The molecule has 0 aliphatic carbocycles. The number of benzene rings is 8. The molecule has 0 saturated heterocycles. The van der Waals surface area contributed by atoms with Crippen LogP contribution >= 0.6 is 0 Å². The molecule has 0 saturated carbocycles. The van der Waals surface area contributed by atoms with Crippen molar-refractivity contribution in [1.29, 1.82) is 0 Å². The molecular weight excluding hydrogens is 723 g/mol. The van der Waals surface area contributed by atoms with E-state index in [1.165, 1.54) is 10.8 Å². The van der Waals surface area contributed by atoms with Crippen molar-refractivity contribution < 1.29 is 0 Å². The molecule has 0 unspecified atom stereocenters. The average Bonchev–Trinajstić information content (AvgIpc) is 3.96. The molecule has 12 aromatic rings. The van der Waals surface area contributed by atoms with Gasteiger partial charge in [-0.25, -0.2) is 19.9 Å². The average molecular weight is 756 g/mol. The van der Waals surface area contributed by atoms with Crippen LogP contribution in [0.5, 0.6) is 0 Å². The zero-order chi connectivity index (χ0) is 38.9. The zero-order valence-corrected chi connectivity index (χ0v) is 31.7. The first-order valence-corrected chi connectivity index (χ1v) is 19.7. The van der Waals surface area contributed by atoms with Crippen LogP contribution in [0.2, 0.25) is 0 Å². The fourth-order valence-electron chi connectivity index (χ4n) is 8.57. The molecule has 7 heteroatoms. The van der Waals surface area contributed by atoms with Crippen molar-refractivity contribution in [1.82, 2.24) is 33.5 Å². The van der Waals surface area contributed by atoms with Gasteiger partial charge in [0.15, 0.2) is 17.5 Å². The first-order chi connectivity index (χ1) is 29.2. The molecule has 4 aromatic heterocycles. The van der Waals surface area contributed by atoms with Crippen LogP contribution < -0.4 is 0 Å². The molecule has 0 atom stereocenters. The fraction of sp³-hybridized carbons (Fsp3) is 0. The molecule has 59 heavy (non-hydrogen) atoms. The Kier molecular flexibility index (Phi) is 7.40. The number of para-hydroxylation sites is 4. The molecule has 0 radical (unpaired) electrons. The lowest BCUT2D eigenvalue weighted by molar-refractivity contribution is 1.07. The van der Waals surface area contributed by atoms with Gasteiger partial charge >= 0.3 is 0 Å². The van der Waals surface area contributed by atoms with Gasteiger partial charge in [-0.1, -0.05) is 133 Å². The summed E-state index contributed by atoms with van der Waals surface area (Å²) in [5.74, 6) is 2.80. The summed E-state index contributed by atoms with van der Waals surface area (Å²) in [6.07, 6.45) is 0. The Morgan fingerprint density at radius 2 is 0.814 bits per heavy atom. The molecule has 7 nitrogen and oxygen atoms in total. The topological polar surface area (TPSA) is 65.8 Å². The van der Waals surface area contributed by atoms with Gasteiger partial charge in [0.1, 0.15) is 0 Å². The van der Waals surface area contributed by atoms with Crippen molar-refractivity contribution in [2.24, 2.45) is 0 Å². The van der Waals surface area contributed by atoms with Crippen LogP contribution in [0.4, 0.5) is 0 Å². The summed E-state index contributed by atoms with van der Waals surface area (Å²) in [6.45, 7) is 0. The maximum Gasteiger partial charge on any atom is 0.220 e. The largest absolute Gasteiger partial charge is 0.309 e. The highest BCUT2D eigenvalue weighted by Crippen LogP contribution is 2.37. The van der Waals surface area contributed by atoms with Crippen molar-refractivity contribution in [2.75, 3.05) is 0 Å². The van der Waals surface area contributed by atoms with E-state index < -0.39 is 0 Å². The Balaban J connectivity index is 0.982. The van der Waals surface area contributed by atoms with Crippen LogP contribution in [0, 0.1) is 0 Å². The molecule has 276 valence electrons. The summed E-state index contributed by atoms with van der Waals surface area (Å²) in [5.41, 5.74) is 13.7. The van der Waals surface area contributed by atoms with Crippen molar-refractivity contribution >= 4 is 49.7 Å². The van der Waals surface area contributed by atoms with E-state index in [1.54, 1.807) is 0 Å². The van der Waals surface area contributed by atoms with E-state index in [0.717, 1.165) is 78.1 Å². The molecule has 0 bridgehead atoms. The molecule has 0 N–H and O–H groups in total. The number of hydrogen-bond donors (Lipinski definition) is 0. The number of rotatable bonds is 6. The molecule has 8 aromatic carbocycles. The lowest BCUT2D eigenvalue weighted by Gasteiger charge is -2.12. The van der Waals surface area contributed by atoms with E-state index >= 15 is 0 Å². The Labute approximate surface area is 338 Å². The van der Waals surface area contributed by atoms with Gasteiger partial charge in [0.05, 0.1) is 33.1 Å². The predicted molar refractivity (Wildman–Crippen MR) is 239 cm³/mol. The fourth-order valence-corrected chi connectivity index (χ4v) is 8.57. The molecular formula is C52H33N7. The Morgan fingerprint density at radius 3 is 1.53 bits per heavy atom. The number of imidazole rings is 2. The van der Waals surface area contributed by atoms with Gasteiger partial charge in [-0.3, -0.25) is 8.97 Å². The van der Waals surface area contributed by atoms with Crippen LogP contribution in [0.1, 0.15) is 0 Å². The second kappa shape index (κ2) is 13.2. The van der Waals surface area contributed by atoms with E-state index in [9.17, 15) is 0 Å². The molecule has 0 aliphatic rings. The predicted octanol–water partition coefficient (Wildman–Crippen LogP) is 12.4. The number of nitrogens with zero attached hydrogens (tertiary/aromatic N) is 7. The van der Waals surface area contributed by atoms with Crippen molar-refractivity contribution in [2.45, 2.75) is 0 Å². The maximum atomic E-state index is 5.26. The van der Waals surface area contributed by atoms with Crippen molar-refractivity contribution in [3.63, 3.8) is 0 Å². The van der Waals surface area contributed by atoms with Crippen LogP contribution in [0.25, 0.3) is 106 Å². The van der Waals surface area contributed by atoms with Crippen LogP contribution in [0.15, 0.2) is 200 Å². The van der Waals surface area contributed by atoms with Crippen LogP contribution in [-0.2, 0) is 0 Å². The maximum absolute atomic E-state index is 5.26. The zero-order valence-electron chi connectivity index (χ0n) is 31.7. The highest BCUT2D eigenvalue weighted by atomic mass is 15.2. The lowest BCUT2D eigenvalue weighted by atomic mass is 10.0. The minimum Gasteiger partial charge on any atom is -0.309 e. The monoisotopic (exact) mass is 755 g/mol. The molecule has 0 aliphatic heterocycles. The van der Waals surface area contributed by atoms with Crippen LogP contribution in [-0.4, -0.2) is 33.5 Å². The molecule has 0 amide bonds. The third-order valence-corrected chi connectivity index (χ3v) is 11.3.